The maximum absolute atomic E-state index is 5.06. The van der Waals surface area contributed by atoms with Crippen LogP contribution >= 0.6 is 0 Å². The monoisotopic (exact) mass is 152 g/mol. The molecule has 60 valence electrons. The summed E-state index contributed by atoms with van der Waals surface area (Å²) in [4.78, 5) is 0. The lowest BCUT2D eigenvalue weighted by Gasteiger charge is -2.13. The summed E-state index contributed by atoms with van der Waals surface area (Å²) >= 11 is 0. The number of ether oxygens (including phenoxy) is 2. The van der Waals surface area contributed by atoms with E-state index in [0.29, 0.717) is 0 Å². The van der Waals surface area contributed by atoms with Gasteiger partial charge in [0.05, 0.1) is 14.2 Å². The van der Waals surface area contributed by atoms with E-state index in [4.69, 9.17) is 9.47 Å². The minimum atomic E-state index is 0.790. The Bertz CT molecular complexity index is 224. The zero-order valence-corrected chi connectivity index (χ0v) is 6.89. The average molecular weight is 152 g/mol. The van der Waals surface area contributed by atoms with Gasteiger partial charge in [0.2, 0.25) is 0 Å². The summed E-state index contributed by atoms with van der Waals surface area (Å²) in [6.07, 6.45) is 4.64. The molecule has 0 aromatic carbocycles. The van der Waals surface area contributed by atoms with Crippen LogP contribution in [0.3, 0.4) is 0 Å². The van der Waals surface area contributed by atoms with Gasteiger partial charge in [-0.05, 0) is 12.2 Å². The first kappa shape index (κ1) is 7.92. The summed E-state index contributed by atoms with van der Waals surface area (Å²) in [5, 5.41) is 0. The molecule has 0 unspecified atom stereocenters. The Morgan fingerprint density at radius 1 is 1.36 bits per heavy atom. The normalized spacial score (nSPS) is 17.1. The fraction of sp³-hybridized carbons (Fsp3) is 0.333. The van der Waals surface area contributed by atoms with Crippen LogP contribution in [-0.4, -0.2) is 14.2 Å². The number of hydrogen-bond acceptors (Lipinski definition) is 2. The van der Waals surface area contributed by atoms with Crippen LogP contribution in [0.5, 0.6) is 0 Å². The molecule has 0 aromatic rings. The molecule has 11 heavy (non-hydrogen) atoms. The van der Waals surface area contributed by atoms with E-state index >= 15 is 0 Å². The third-order valence-electron chi connectivity index (χ3n) is 1.62. The SMILES string of the molecule is C=C1C=C(OC)CC=C1OC. The lowest BCUT2D eigenvalue weighted by atomic mass is 10.1. The number of rotatable bonds is 2. The Kier molecular flexibility index (Phi) is 2.36. The minimum Gasteiger partial charge on any atom is -0.501 e. The van der Waals surface area contributed by atoms with Crippen LogP contribution in [-0.2, 0) is 9.47 Å². The van der Waals surface area contributed by atoms with Gasteiger partial charge >= 0.3 is 0 Å². The Balaban J connectivity index is 2.71. The van der Waals surface area contributed by atoms with E-state index in [-0.39, 0.29) is 0 Å². The van der Waals surface area contributed by atoms with Crippen LogP contribution < -0.4 is 0 Å². The van der Waals surface area contributed by atoms with Crippen LogP contribution in [0, 0.1) is 0 Å². The fourth-order valence-corrected chi connectivity index (χ4v) is 1.01. The fourth-order valence-electron chi connectivity index (χ4n) is 1.01. The third-order valence-corrected chi connectivity index (χ3v) is 1.62. The molecule has 0 aliphatic heterocycles. The summed E-state index contributed by atoms with van der Waals surface area (Å²) in [7, 11) is 3.30. The van der Waals surface area contributed by atoms with Crippen molar-refractivity contribution < 1.29 is 9.47 Å². The van der Waals surface area contributed by atoms with E-state index in [1.165, 1.54) is 0 Å². The molecule has 1 aliphatic rings. The van der Waals surface area contributed by atoms with Crippen molar-refractivity contribution >= 4 is 0 Å². The summed E-state index contributed by atoms with van der Waals surface area (Å²) in [6, 6.07) is 0. The molecule has 0 saturated heterocycles. The van der Waals surface area contributed by atoms with Gasteiger partial charge in [-0.25, -0.2) is 0 Å². The Morgan fingerprint density at radius 2 is 2.09 bits per heavy atom. The summed E-state index contributed by atoms with van der Waals surface area (Å²) in [5.74, 6) is 1.77. The van der Waals surface area contributed by atoms with E-state index < -0.39 is 0 Å². The minimum absolute atomic E-state index is 0.790. The van der Waals surface area contributed by atoms with E-state index in [0.717, 1.165) is 23.5 Å². The van der Waals surface area contributed by atoms with Crippen molar-refractivity contribution in [1.82, 2.24) is 0 Å². The molecule has 0 atom stereocenters. The van der Waals surface area contributed by atoms with Crippen molar-refractivity contribution in [2.24, 2.45) is 0 Å². The average Bonchev–Trinajstić information content (AvgIpc) is 2.04. The van der Waals surface area contributed by atoms with Crippen LogP contribution in [0.25, 0.3) is 0 Å². The Hall–Kier alpha value is -1.18. The van der Waals surface area contributed by atoms with Crippen molar-refractivity contribution in [3.63, 3.8) is 0 Å². The van der Waals surface area contributed by atoms with Gasteiger partial charge in [0, 0.05) is 12.0 Å². The lowest BCUT2D eigenvalue weighted by Crippen LogP contribution is -1.98. The van der Waals surface area contributed by atoms with Crippen LogP contribution in [0.1, 0.15) is 6.42 Å². The lowest BCUT2D eigenvalue weighted by molar-refractivity contribution is 0.270. The largest absolute Gasteiger partial charge is 0.501 e. The number of methoxy groups -OCH3 is 2. The van der Waals surface area contributed by atoms with Gasteiger partial charge in [0.1, 0.15) is 11.5 Å². The molecule has 0 radical (unpaired) electrons. The maximum atomic E-state index is 5.06. The van der Waals surface area contributed by atoms with E-state index in [1.807, 2.05) is 12.2 Å². The molecule has 1 aliphatic carbocycles. The zero-order chi connectivity index (χ0) is 8.27. The Morgan fingerprint density at radius 3 is 2.55 bits per heavy atom. The molecule has 0 bridgehead atoms. The maximum Gasteiger partial charge on any atom is 0.122 e. The van der Waals surface area contributed by atoms with Crippen molar-refractivity contribution in [2.45, 2.75) is 6.42 Å². The van der Waals surface area contributed by atoms with Gasteiger partial charge in [-0.2, -0.15) is 0 Å². The molecule has 0 heterocycles. The molecule has 0 amide bonds. The molecule has 0 aromatic heterocycles. The van der Waals surface area contributed by atoms with E-state index in [2.05, 4.69) is 6.58 Å². The zero-order valence-electron chi connectivity index (χ0n) is 6.89. The predicted molar refractivity (Wildman–Crippen MR) is 43.9 cm³/mol. The molecule has 2 heteroatoms. The van der Waals surface area contributed by atoms with Crippen molar-refractivity contribution in [3.05, 3.63) is 35.8 Å². The summed E-state index contributed by atoms with van der Waals surface area (Å²) in [5.41, 5.74) is 0.871. The van der Waals surface area contributed by atoms with Crippen LogP contribution in [0.4, 0.5) is 0 Å². The second-order valence-corrected chi connectivity index (χ2v) is 2.32. The standard InChI is InChI=1S/C9H12O2/c1-7-6-8(10-2)4-5-9(7)11-3/h5-6H,1,4H2,2-3H3. The second kappa shape index (κ2) is 3.28. The highest BCUT2D eigenvalue weighted by atomic mass is 16.5. The van der Waals surface area contributed by atoms with Crippen LogP contribution in [0.2, 0.25) is 0 Å². The smallest absolute Gasteiger partial charge is 0.122 e. The highest BCUT2D eigenvalue weighted by Gasteiger charge is 2.08. The highest BCUT2D eigenvalue weighted by molar-refractivity contribution is 5.38. The molecule has 0 fully saturated rings. The van der Waals surface area contributed by atoms with Gasteiger partial charge in [-0.15, -0.1) is 0 Å². The first-order chi connectivity index (χ1) is 5.27. The summed E-state index contributed by atoms with van der Waals surface area (Å²) < 4.78 is 10.1. The second-order valence-electron chi connectivity index (χ2n) is 2.32. The van der Waals surface area contributed by atoms with Gasteiger partial charge in [0.15, 0.2) is 0 Å². The highest BCUT2D eigenvalue weighted by Crippen LogP contribution is 2.21. The van der Waals surface area contributed by atoms with Crippen molar-refractivity contribution in [2.75, 3.05) is 14.2 Å². The molecular weight excluding hydrogens is 140 g/mol. The molecule has 0 spiro atoms. The third kappa shape index (κ3) is 1.64. The van der Waals surface area contributed by atoms with Gasteiger partial charge < -0.3 is 9.47 Å². The van der Waals surface area contributed by atoms with Gasteiger partial charge in [-0.3, -0.25) is 0 Å². The molecule has 0 N–H and O–H groups in total. The van der Waals surface area contributed by atoms with Gasteiger partial charge in [-0.1, -0.05) is 6.58 Å². The molecule has 2 nitrogen and oxygen atoms in total. The van der Waals surface area contributed by atoms with Gasteiger partial charge in [0.25, 0.3) is 0 Å². The van der Waals surface area contributed by atoms with E-state index in [1.54, 1.807) is 14.2 Å². The quantitative estimate of drug-likeness (QED) is 0.602. The molecule has 1 rings (SSSR count). The number of hydrogen-bond donors (Lipinski definition) is 0. The Labute approximate surface area is 66.8 Å². The molecular formula is C9H12O2. The number of allylic oxidation sites excluding steroid dienone is 2. The van der Waals surface area contributed by atoms with Crippen molar-refractivity contribution in [1.29, 1.82) is 0 Å². The topological polar surface area (TPSA) is 18.5 Å². The first-order valence-electron chi connectivity index (χ1n) is 3.46. The van der Waals surface area contributed by atoms with Crippen LogP contribution in [0.15, 0.2) is 35.8 Å². The first-order valence-corrected chi connectivity index (χ1v) is 3.46. The molecule has 0 saturated carbocycles. The van der Waals surface area contributed by atoms with Crippen molar-refractivity contribution in [3.8, 4) is 0 Å². The predicted octanol–water partition coefficient (Wildman–Crippen LogP) is 2.01. The van der Waals surface area contributed by atoms with E-state index in [9.17, 15) is 0 Å². The summed E-state index contributed by atoms with van der Waals surface area (Å²) in [6.45, 7) is 3.81.